The highest BCUT2D eigenvalue weighted by Gasteiger charge is 2.15. The van der Waals surface area contributed by atoms with E-state index in [-0.39, 0.29) is 16.5 Å². The second-order valence-corrected chi connectivity index (χ2v) is 3.87. The molecule has 1 rings (SSSR count). The van der Waals surface area contributed by atoms with E-state index in [2.05, 4.69) is 0 Å². The van der Waals surface area contributed by atoms with Gasteiger partial charge in [-0.3, -0.25) is 10.1 Å². The van der Waals surface area contributed by atoms with E-state index < -0.39 is 0 Å². The van der Waals surface area contributed by atoms with E-state index in [0.29, 0.717) is 12.1 Å². The van der Waals surface area contributed by atoms with Crippen molar-refractivity contribution in [3.63, 3.8) is 0 Å². The zero-order valence-corrected chi connectivity index (χ0v) is 9.28. The van der Waals surface area contributed by atoms with Crippen LogP contribution in [0.4, 0.5) is 11.4 Å². The van der Waals surface area contributed by atoms with E-state index in [4.69, 9.17) is 5.73 Å². The molecule has 0 spiro atoms. The molecule has 0 atom stereocenters. The smallest absolute Gasteiger partial charge is 0.270 e. The highest BCUT2D eigenvalue weighted by Crippen LogP contribution is 2.30. The molecule has 0 fully saturated rings. The number of benzene rings is 1. The van der Waals surface area contributed by atoms with Crippen molar-refractivity contribution in [3.05, 3.63) is 33.4 Å². The molecule has 2 N–H and O–H groups in total. The first-order valence-electron chi connectivity index (χ1n) is 5.04. The molecular formula is C11H16N2O2. The Kier molecular flexibility index (Phi) is 3.29. The van der Waals surface area contributed by atoms with Crippen LogP contribution in [0.15, 0.2) is 12.1 Å². The molecule has 4 heteroatoms. The maximum Gasteiger partial charge on any atom is 0.270 e. The van der Waals surface area contributed by atoms with Crippen LogP contribution in [0.3, 0.4) is 0 Å². The van der Waals surface area contributed by atoms with Gasteiger partial charge >= 0.3 is 0 Å². The SMILES string of the molecule is CCc1cc([N+](=O)[O-])cc(C(C)C)c1N. The molecule has 82 valence electrons. The van der Waals surface area contributed by atoms with E-state index in [9.17, 15) is 10.1 Å². The molecule has 0 saturated carbocycles. The van der Waals surface area contributed by atoms with Crippen LogP contribution in [0.2, 0.25) is 0 Å². The summed E-state index contributed by atoms with van der Waals surface area (Å²) in [6.07, 6.45) is 0.716. The number of hydrogen-bond donors (Lipinski definition) is 1. The van der Waals surface area contributed by atoms with E-state index >= 15 is 0 Å². The number of non-ortho nitro benzene ring substituents is 1. The number of hydrogen-bond acceptors (Lipinski definition) is 3. The first-order valence-corrected chi connectivity index (χ1v) is 5.04. The number of nitro groups is 1. The van der Waals surface area contributed by atoms with Gasteiger partial charge in [-0.05, 0) is 23.5 Å². The Hall–Kier alpha value is -1.58. The van der Waals surface area contributed by atoms with Gasteiger partial charge in [-0.2, -0.15) is 0 Å². The van der Waals surface area contributed by atoms with Gasteiger partial charge in [0.1, 0.15) is 0 Å². The van der Waals surface area contributed by atoms with Crippen LogP contribution < -0.4 is 5.73 Å². The molecule has 0 aliphatic carbocycles. The van der Waals surface area contributed by atoms with Crippen molar-refractivity contribution in [3.8, 4) is 0 Å². The first kappa shape index (κ1) is 11.5. The number of anilines is 1. The molecule has 1 aromatic rings. The van der Waals surface area contributed by atoms with Gasteiger partial charge in [-0.15, -0.1) is 0 Å². The van der Waals surface area contributed by atoms with Crippen molar-refractivity contribution in [1.29, 1.82) is 0 Å². The minimum absolute atomic E-state index is 0.129. The van der Waals surface area contributed by atoms with Crippen LogP contribution >= 0.6 is 0 Å². The molecule has 0 saturated heterocycles. The predicted octanol–water partition coefficient (Wildman–Crippen LogP) is 2.86. The van der Waals surface area contributed by atoms with Crippen molar-refractivity contribution < 1.29 is 4.92 Å². The maximum atomic E-state index is 10.7. The summed E-state index contributed by atoms with van der Waals surface area (Å²) in [6, 6.07) is 3.13. The van der Waals surface area contributed by atoms with Crippen molar-refractivity contribution in [2.75, 3.05) is 5.73 Å². The number of nitrogens with two attached hydrogens (primary N) is 1. The Balaban J connectivity index is 3.38. The van der Waals surface area contributed by atoms with E-state index in [1.165, 1.54) is 0 Å². The largest absolute Gasteiger partial charge is 0.398 e. The third-order valence-electron chi connectivity index (χ3n) is 2.50. The minimum atomic E-state index is -0.371. The summed E-state index contributed by atoms with van der Waals surface area (Å²) in [4.78, 5) is 10.3. The molecule has 0 aliphatic heterocycles. The third-order valence-corrected chi connectivity index (χ3v) is 2.50. The average molecular weight is 208 g/mol. The van der Waals surface area contributed by atoms with Crippen molar-refractivity contribution in [2.45, 2.75) is 33.1 Å². The van der Waals surface area contributed by atoms with Crippen LogP contribution in [0.5, 0.6) is 0 Å². The Morgan fingerprint density at radius 1 is 1.47 bits per heavy atom. The highest BCUT2D eigenvalue weighted by atomic mass is 16.6. The summed E-state index contributed by atoms with van der Waals surface area (Å²) in [5.41, 5.74) is 8.48. The number of nitrogens with zero attached hydrogens (tertiary/aromatic N) is 1. The van der Waals surface area contributed by atoms with Crippen LogP contribution in [-0.4, -0.2) is 4.92 Å². The maximum absolute atomic E-state index is 10.7. The number of aryl methyl sites for hydroxylation is 1. The Labute approximate surface area is 89.2 Å². The van der Waals surface area contributed by atoms with Crippen molar-refractivity contribution in [1.82, 2.24) is 0 Å². The monoisotopic (exact) mass is 208 g/mol. The molecule has 4 nitrogen and oxygen atoms in total. The molecule has 0 amide bonds. The second kappa shape index (κ2) is 4.29. The normalized spacial score (nSPS) is 10.7. The van der Waals surface area contributed by atoms with Gasteiger partial charge in [0, 0.05) is 17.8 Å². The molecule has 0 radical (unpaired) electrons. The number of nitro benzene ring substituents is 1. The number of rotatable bonds is 3. The van der Waals surface area contributed by atoms with Gasteiger partial charge in [0.25, 0.3) is 5.69 Å². The lowest BCUT2D eigenvalue weighted by molar-refractivity contribution is -0.385. The van der Waals surface area contributed by atoms with Gasteiger partial charge in [0.15, 0.2) is 0 Å². The average Bonchev–Trinajstić information content (AvgIpc) is 2.17. The van der Waals surface area contributed by atoms with Crippen LogP contribution in [0.1, 0.15) is 37.8 Å². The van der Waals surface area contributed by atoms with E-state index in [0.717, 1.165) is 11.1 Å². The Morgan fingerprint density at radius 2 is 2.07 bits per heavy atom. The number of nitrogen functional groups attached to an aromatic ring is 1. The molecule has 0 bridgehead atoms. The molecule has 1 aromatic carbocycles. The van der Waals surface area contributed by atoms with Gasteiger partial charge in [0.2, 0.25) is 0 Å². The lowest BCUT2D eigenvalue weighted by Gasteiger charge is -2.12. The summed E-state index contributed by atoms with van der Waals surface area (Å²) in [7, 11) is 0. The summed E-state index contributed by atoms with van der Waals surface area (Å²) < 4.78 is 0. The van der Waals surface area contributed by atoms with Gasteiger partial charge in [0.05, 0.1) is 4.92 Å². The third kappa shape index (κ3) is 2.26. The van der Waals surface area contributed by atoms with Gasteiger partial charge in [-0.1, -0.05) is 20.8 Å². The van der Waals surface area contributed by atoms with Gasteiger partial charge < -0.3 is 5.73 Å². The van der Waals surface area contributed by atoms with Crippen LogP contribution in [-0.2, 0) is 6.42 Å². The van der Waals surface area contributed by atoms with Crippen LogP contribution in [0.25, 0.3) is 0 Å². The second-order valence-electron chi connectivity index (χ2n) is 3.87. The molecule has 0 heterocycles. The molecule has 0 unspecified atom stereocenters. The van der Waals surface area contributed by atoms with Crippen molar-refractivity contribution in [2.24, 2.45) is 0 Å². The quantitative estimate of drug-likeness (QED) is 0.471. The summed E-state index contributed by atoms with van der Waals surface area (Å²) >= 11 is 0. The van der Waals surface area contributed by atoms with Crippen molar-refractivity contribution >= 4 is 11.4 Å². The summed E-state index contributed by atoms with van der Waals surface area (Å²) in [5, 5.41) is 10.7. The lowest BCUT2D eigenvalue weighted by atomic mass is 9.96. The predicted molar refractivity (Wildman–Crippen MR) is 61.0 cm³/mol. The summed E-state index contributed by atoms with van der Waals surface area (Å²) in [6.45, 7) is 5.91. The zero-order chi connectivity index (χ0) is 11.6. The lowest BCUT2D eigenvalue weighted by Crippen LogP contribution is -2.03. The summed E-state index contributed by atoms with van der Waals surface area (Å²) in [5.74, 6) is 0.204. The zero-order valence-electron chi connectivity index (χ0n) is 9.28. The van der Waals surface area contributed by atoms with Gasteiger partial charge in [-0.25, -0.2) is 0 Å². The topological polar surface area (TPSA) is 69.2 Å². The van der Waals surface area contributed by atoms with E-state index in [1.807, 2.05) is 20.8 Å². The Bertz CT molecular complexity index is 386. The molecule has 0 aromatic heterocycles. The first-order chi connectivity index (χ1) is 6.97. The fraction of sp³-hybridized carbons (Fsp3) is 0.455. The standard InChI is InChI=1S/C11H16N2O2/c1-4-8-5-9(13(14)15)6-10(7(2)3)11(8)12/h5-7H,4,12H2,1-3H3. The Morgan fingerprint density at radius 3 is 2.47 bits per heavy atom. The van der Waals surface area contributed by atoms with E-state index in [1.54, 1.807) is 12.1 Å². The highest BCUT2D eigenvalue weighted by molar-refractivity contribution is 5.60. The minimum Gasteiger partial charge on any atom is -0.398 e. The molecular weight excluding hydrogens is 192 g/mol. The molecule has 0 aliphatic rings. The fourth-order valence-corrected chi connectivity index (χ4v) is 1.60. The van der Waals surface area contributed by atoms with Crippen LogP contribution in [0, 0.1) is 10.1 Å². The molecule has 15 heavy (non-hydrogen) atoms. The fourth-order valence-electron chi connectivity index (χ4n) is 1.60.